The zero-order valence-electron chi connectivity index (χ0n) is 19.2. The summed E-state index contributed by atoms with van der Waals surface area (Å²) >= 11 is 0. The molecule has 0 saturated carbocycles. The first kappa shape index (κ1) is 34.6. The van der Waals surface area contributed by atoms with Crippen molar-refractivity contribution in [3.05, 3.63) is 6.92 Å². The molecule has 7 heteroatoms. The largest absolute Gasteiger partial charge is 1.00 e. The van der Waals surface area contributed by atoms with Gasteiger partial charge in [0.2, 0.25) is 0 Å². The maximum atomic E-state index is 9.62. The molecule has 0 heterocycles. The van der Waals surface area contributed by atoms with E-state index in [4.69, 9.17) is 9.66 Å². The van der Waals surface area contributed by atoms with Crippen molar-refractivity contribution in [3.8, 4) is 0 Å². The van der Waals surface area contributed by atoms with Gasteiger partial charge in [-0.3, -0.25) is 9.35 Å². The number of hydrogen-bond donors (Lipinski definition) is 2. The summed E-state index contributed by atoms with van der Waals surface area (Å²) < 4.78 is 27.0. The van der Waals surface area contributed by atoms with E-state index in [2.05, 4.69) is 13.8 Å². The van der Waals surface area contributed by atoms with Gasteiger partial charge < -0.3 is 12.0 Å². The van der Waals surface area contributed by atoms with Gasteiger partial charge in [0.05, 0.1) is 0 Å². The summed E-state index contributed by atoms with van der Waals surface area (Å²) in [7, 11) is -4.32. The number of aliphatic carboxylic acids is 1. The molecule has 0 aliphatic rings. The van der Waals surface area contributed by atoms with Gasteiger partial charge in [-0.05, 0) is 0 Å². The number of carboxylic acid groups (broad SMARTS) is 1. The van der Waals surface area contributed by atoms with Crippen molar-refractivity contribution in [3.63, 3.8) is 0 Å². The van der Waals surface area contributed by atoms with Crippen LogP contribution in [0.25, 0.3) is 0 Å². The van der Waals surface area contributed by atoms with Crippen LogP contribution in [0.15, 0.2) is 0 Å². The van der Waals surface area contributed by atoms with Gasteiger partial charge in [0, 0.05) is 0 Å². The molecule has 0 fully saturated rings. The minimum absolute atomic E-state index is 0. The van der Waals surface area contributed by atoms with Gasteiger partial charge in [0.15, 0.2) is 5.75 Å². The van der Waals surface area contributed by atoms with E-state index in [-0.39, 0.29) is 51.4 Å². The fourth-order valence-electron chi connectivity index (χ4n) is 3.06. The molecule has 0 aromatic heterocycles. The summed E-state index contributed by atoms with van der Waals surface area (Å²) in [5.41, 5.74) is 0. The molecule has 0 radical (unpaired) electrons. The third kappa shape index (κ3) is 40.0. The van der Waals surface area contributed by atoms with Gasteiger partial charge in [-0.1, -0.05) is 116 Å². The zero-order valence-corrected chi connectivity index (χ0v) is 23.1. The molecular weight excluding hydrogens is 415 g/mol. The van der Waals surface area contributed by atoms with Gasteiger partial charge in [0.1, 0.15) is 0 Å². The fourth-order valence-corrected chi connectivity index (χ4v) is 3.37. The van der Waals surface area contributed by atoms with E-state index in [9.17, 15) is 13.2 Å². The van der Waals surface area contributed by atoms with Crippen LogP contribution < -0.4 is 51.4 Å². The number of rotatable bonds is 19. The minimum atomic E-state index is -4.32. The third-order valence-corrected chi connectivity index (χ3v) is 5.27. The van der Waals surface area contributed by atoms with E-state index < -0.39 is 21.8 Å². The summed E-state index contributed by atoms with van der Waals surface area (Å²) in [6, 6.07) is 0. The number of unbranched alkanes of at least 4 members (excludes halogenated alkanes) is 17. The molecule has 0 bridgehead atoms. The van der Waals surface area contributed by atoms with Crippen molar-refractivity contribution < 1.29 is 74.3 Å². The average Bonchev–Trinajstić information content (AvgIpc) is 2.60. The van der Waals surface area contributed by atoms with Crippen molar-refractivity contribution in [1.82, 2.24) is 0 Å². The molecule has 0 aromatic carbocycles. The zero-order chi connectivity index (χ0) is 21.5. The van der Waals surface area contributed by atoms with Crippen molar-refractivity contribution in [2.75, 3.05) is 5.75 Å². The van der Waals surface area contributed by atoms with Crippen LogP contribution in [-0.4, -0.2) is 29.8 Å². The summed E-state index contributed by atoms with van der Waals surface area (Å²) in [5, 5.41) is 7.71. The van der Waals surface area contributed by atoms with Crippen molar-refractivity contribution in [1.29, 1.82) is 0 Å². The molecule has 0 aliphatic carbocycles. The van der Waals surface area contributed by atoms with Crippen molar-refractivity contribution in [2.45, 2.75) is 122 Å². The normalized spacial score (nSPS) is 10.7. The summed E-state index contributed by atoms with van der Waals surface area (Å²) in [4.78, 5) is 9.48. The molecular formula is C22H45KO5S. The Bertz CT molecular complexity index is 409. The second-order valence-electron chi connectivity index (χ2n) is 7.63. The topological polar surface area (TPSA) is 91.7 Å². The van der Waals surface area contributed by atoms with E-state index in [1.165, 1.54) is 109 Å². The molecule has 0 saturated heterocycles. The quantitative estimate of drug-likeness (QED) is 0.132. The van der Waals surface area contributed by atoms with E-state index in [0.29, 0.717) is 0 Å². The molecule has 0 unspecified atom stereocenters. The molecule has 170 valence electrons. The Hall–Kier alpha value is 1.02. The van der Waals surface area contributed by atoms with Crippen LogP contribution in [-0.2, 0) is 14.9 Å². The molecule has 0 rings (SSSR count). The van der Waals surface area contributed by atoms with Crippen LogP contribution in [0.2, 0.25) is 0 Å². The van der Waals surface area contributed by atoms with Crippen molar-refractivity contribution in [2.24, 2.45) is 0 Å². The Kier molecular flexibility index (Phi) is 32.3. The second kappa shape index (κ2) is 27.1. The van der Waals surface area contributed by atoms with Gasteiger partial charge in [-0.15, -0.1) is 0 Å². The first-order valence-electron chi connectivity index (χ1n) is 11.3. The Balaban J connectivity index is -0.000000636. The van der Waals surface area contributed by atoms with Crippen LogP contribution in [0.5, 0.6) is 0 Å². The molecule has 29 heavy (non-hydrogen) atoms. The third-order valence-electron chi connectivity index (χ3n) is 4.66. The van der Waals surface area contributed by atoms with E-state index in [1.54, 1.807) is 0 Å². The smallest absolute Gasteiger partial charge is 0.480 e. The number of carbonyl (C=O) groups is 1. The van der Waals surface area contributed by atoms with Crippen LogP contribution in [0, 0.1) is 6.92 Å². The van der Waals surface area contributed by atoms with Crippen LogP contribution in [0.4, 0.5) is 0 Å². The van der Waals surface area contributed by atoms with Gasteiger partial charge in [0.25, 0.3) is 10.1 Å². The van der Waals surface area contributed by atoms with Crippen LogP contribution in [0.1, 0.15) is 122 Å². The average molecular weight is 461 g/mol. The van der Waals surface area contributed by atoms with E-state index >= 15 is 0 Å². The van der Waals surface area contributed by atoms with Gasteiger partial charge >= 0.3 is 57.4 Å². The number of hydrogen-bond acceptors (Lipinski definition) is 3. The summed E-state index contributed by atoms with van der Waals surface area (Å²) in [6.07, 6.45) is 25.8. The Morgan fingerprint density at radius 2 is 0.966 bits per heavy atom. The molecule has 0 spiro atoms. The predicted octanol–water partition coefficient (Wildman–Crippen LogP) is 3.82. The fraction of sp³-hybridized carbons (Fsp3) is 0.909. The molecule has 0 aliphatic heterocycles. The minimum Gasteiger partial charge on any atom is -0.480 e. The number of carboxylic acids is 1. The summed E-state index contributed by atoms with van der Waals surface area (Å²) in [6.45, 7) is 6.19. The Morgan fingerprint density at radius 3 is 1.14 bits per heavy atom. The van der Waals surface area contributed by atoms with Gasteiger partial charge in [-0.2, -0.15) is 14.8 Å². The summed E-state index contributed by atoms with van der Waals surface area (Å²) in [5.74, 6) is -2.79. The maximum absolute atomic E-state index is 9.62. The molecule has 5 nitrogen and oxygen atoms in total. The van der Waals surface area contributed by atoms with Crippen molar-refractivity contribution >= 4 is 16.1 Å². The molecule has 0 atom stereocenters. The first-order chi connectivity index (χ1) is 13.3. The van der Waals surface area contributed by atoms with Crippen LogP contribution >= 0.6 is 0 Å². The SMILES string of the molecule is O=C(O)CS(=O)(=O)O.[CH2-]CCCCCCCCCCCCCCCCCCC.[K+]. The predicted molar refractivity (Wildman–Crippen MR) is 118 cm³/mol. The Morgan fingerprint density at radius 1 is 0.690 bits per heavy atom. The van der Waals surface area contributed by atoms with Gasteiger partial charge in [-0.25, -0.2) is 0 Å². The van der Waals surface area contributed by atoms with E-state index in [1.807, 2.05) is 0 Å². The molecule has 0 amide bonds. The van der Waals surface area contributed by atoms with E-state index in [0.717, 1.165) is 6.42 Å². The molecule has 2 N–H and O–H groups in total. The first-order valence-corrected chi connectivity index (χ1v) is 12.9. The maximum Gasteiger partial charge on any atom is 1.00 e. The molecule has 0 aromatic rings. The standard InChI is InChI=1S/C20H41.C2H4O5S.K/c1-3-5-7-9-11-13-15-17-19-20-18-16-14-12-10-8-6-4-2;3-2(4)1-8(5,6)7;/h1,3-20H2,2H3;1H2,(H,3,4)(H,5,6,7);/q-1;;+1. The Labute approximate surface area is 223 Å². The monoisotopic (exact) mass is 460 g/mol. The second-order valence-corrected chi connectivity index (χ2v) is 9.08. The van der Waals surface area contributed by atoms with Crippen LogP contribution in [0.3, 0.4) is 0 Å².